The molecule has 0 aromatic rings. The van der Waals surface area contributed by atoms with Gasteiger partial charge in [0, 0.05) is 12.3 Å². The third-order valence-electron chi connectivity index (χ3n) is 0.573. The molecule has 0 heterocycles. The van der Waals surface area contributed by atoms with E-state index in [1.165, 1.54) is 0 Å². The Hall–Kier alpha value is -0.0000000000000000486. The van der Waals surface area contributed by atoms with Crippen LogP contribution in [0, 0.1) is 0 Å². The molecule has 3 nitrogen and oxygen atoms in total. The first-order valence-corrected chi connectivity index (χ1v) is 3.31. The highest BCUT2D eigenvalue weighted by atomic mass is 32.2. The number of hydrogen-bond acceptors (Lipinski definition) is 3. The predicted octanol–water partition coefficient (Wildman–Crippen LogP) is -0.838. The fraction of sp³-hybridized carbons (Fsp3) is 1.00. The molecule has 0 radical (unpaired) electrons. The van der Waals surface area contributed by atoms with Gasteiger partial charge in [-0.3, -0.25) is 4.21 Å². The number of nitrogens with two attached hydrogens (primary N) is 1. The quantitative estimate of drug-likeness (QED) is 0.520. The van der Waals surface area contributed by atoms with Gasteiger partial charge in [-0.05, 0) is 0 Å². The first-order valence-electron chi connectivity index (χ1n) is 2.06. The van der Waals surface area contributed by atoms with E-state index < -0.39 is 23.0 Å². The van der Waals surface area contributed by atoms with Crippen molar-refractivity contribution in [1.29, 1.82) is 0 Å². The van der Waals surface area contributed by atoms with Crippen LogP contribution in [0.25, 0.3) is 0 Å². The van der Waals surface area contributed by atoms with Gasteiger partial charge in [0.15, 0.2) is 0 Å². The normalized spacial score (nSPS) is 17.9. The minimum atomic E-state index is -2.30. The van der Waals surface area contributed by atoms with Crippen LogP contribution in [0.2, 0.25) is 0 Å². The van der Waals surface area contributed by atoms with Gasteiger partial charge in [-0.25, -0.2) is 4.39 Å². The van der Waals surface area contributed by atoms with E-state index >= 15 is 0 Å². The van der Waals surface area contributed by atoms with Crippen LogP contribution in [-0.4, -0.2) is 27.2 Å². The molecule has 2 unspecified atom stereocenters. The molecule has 0 saturated heterocycles. The average Bonchev–Trinajstić information content (AvgIpc) is 1.65. The molecule has 0 aromatic carbocycles. The fourth-order valence-electron chi connectivity index (χ4n) is 0.216. The molecular weight excluding hydrogens is 133 g/mol. The van der Waals surface area contributed by atoms with Crippen molar-refractivity contribution in [2.24, 2.45) is 5.73 Å². The van der Waals surface area contributed by atoms with Gasteiger partial charge >= 0.3 is 0 Å². The molecule has 2 N–H and O–H groups in total. The summed E-state index contributed by atoms with van der Waals surface area (Å²) in [6.07, 6.45) is -1.41. The van der Waals surface area contributed by atoms with Crippen molar-refractivity contribution in [2.45, 2.75) is 6.17 Å². The Kier molecular flexibility index (Phi) is 3.94. The third kappa shape index (κ3) is 4.17. The van der Waals surface area contributed by atoms with Gasteiger partial charge < -0.3 is 10.3 Å². The molecule has 0 aliphatic carbocycles. The molecule has 0 bridgehead atoms. The molecule has 0 aromatic heterocycles. The topological polar surface area (TPSA) is 66.2 Å². The SMILES string of the molecule is NCC(F)CS(=O)[O-]. The van der Waals surface area contributed by atoms with Gasteiger partial charge in [-0.15, -0.1) is 0 Å². The lowest BCUT2D eigenvalue weighted by atomic mass is 10.5. The van der Waals surface area contributed by atoms with Crippen LogP contribution in [0.1, 0.15) is 0 Å². The van der Waals surface area contributed by atoms with Crippen molar-refractivity contribution in [1.82, 2.24) is 0 Å². The highest BCUT2D eigenvalue weighted by Gasteiger charge is 2.00. The average molecular weight is 140 g/mol. The number of hydrogen-bond donors (Lipinski definition) is 1. The maximum atomic E-state index is 11.9. The Morgan fingerprint density at radius 1 is 1.88 bits per heavy atom. The molecule has 50 valence electrons. The van der Waals surface area contributed by atoms with Crippen LogP contribution in [0.5, 0.6) is 0 Å². The second-order valence-electron chi connectivity index (χ2n) is 1.30. The Labute approximate surface area is 49.4 Å². The largest absolute Gasteiger partial charge is 0.772 e. The van der Waals surface area contributed by atoms with Gasteiger partial charge in [-0.1, -0.05) is 11.1 Å². The van der Waals surface area contributed by atoms with Crippen LogP contribution in [0.3, 0.4) is 0 Å². The van der Waals surface area contributed by atoms with Gasteiger partial charge in [-0.2, -0.15) is 0 Å². The summed E-state index contributed by atoms with van der Waals surface area (Å²) in [7, 11) is 0. The molecule has 0 aliphatic heterocycles. The van der Waals surface area contributed by atoms with Crippen molar-refractivity contribution >= 4 is 11.1 Å². The molecule has 0 amide bonds. The Bertz CT molecular complexity index is 89.4. The van der Waals surface area contributed by atoms with Crippen LogP contribution < -0.4 is 5.73 Å². The zero-order valence-corrected chi connectivity index (χ0v) is 4.99. The van der Waals surface area contributed by atoms with Gasteiger partial charge in [0.05, 0.1) is 0 Å². The first kappa shape index (κ1) is 8.00. The Morgan fingerprint density at radius 2 is 2.38 bits per heavy atom. The molecular formula is C3H7FNO2S-. The van der Waals surface area contributed by atoms with Crippen molar-refractivity contribution in [2.75, 3.05) is 12.3 Å². The lowest BCUT2D eigenvalue weighted by Gasteiger charge is -2.06. The van der Waals surface area contributed by atoms with E-state index in [4.69, 9.17) is 5.73 Å². The Morgan fingerprint density at radius 3 is 2.50 bits per heavy atom. The second kappa shape index (κ2) is 3.94. The van der Waals surface area contributed by atoms with E-state index in [1.54, 1.807) is 0 Å². The molecule has 5 heteroatoms. The highest BCUT2D eigenvalue weighted by molar-refractivity contribution is 7.79. The summed E-state index contributed by atoms with van der Waals surface area (Å²) in [6.45, 7) is -0.228. The van der Waals surface area contributed by atoms with E-state index in [2.05, 4.69) is 0 Å². The second-order valence-corrected chi connectivity index (χ2v) is 2.24. The number of alkyl halides is 1. The Balaban J connectivity index is 3.24. The lowest BCUT2D eigenvalue weighted by molar-refractivity contribution is 0.367. The number of halogens is 1. The van der Waals surface area contributed by atoms with Crippen molar-refractivity contribution in [3.8, 4) is 0 Å². The number of rotatable bonds is 3. The van der Waals surface area contributed by atoms with E-state index in [-0.39, 0.29) is 6.54 Å². The third-order valence-corrected chi connectivity index (χ3v) is 1.21. The minimum absolute atomic E-state index is 0.228. The summed E-state index contributed by atoms with van der Waals surface area (Å²) in [5.74, 6) is -0.490. The lowest BCUT2D eigenvalue weighted by Crippen LogP contribution is -2.21. The van der Waals surface area contributed by atoms with E-state index in [9.17, 15) is 13.2 Å². The zero-order chi connectivity index (χ0) is 6.57. The predicted molar refractivity (Wildman–Crippen MR) is 27.7 cm³/mol. The zero-order valence-electron chi connectivity index (χ0n) is 4.17. The van der Waals surface area contributed by atoms with E-state index in [1.807, 2.05) is 0 Å². The summed E-state index contributed by atoms with van der Waals surface area (Å²) >= 11 is -2.30. The molecule has 0 saturated carbocycles. The first-order chi connectivity index (χ1) is 3.66. The van der Waals surface area contributed by atoms with Gasteiger partial charge in [0.2, 0.25) is 0 Å². The van der Waals surface area contributed by atoms with Crippen LogP contribution in [0.4, 0.5) is 4.39 Å². The van der Waals surface area contributed by atoms with Gasteiger partial charge in [0.25, 0.3) is 0 Å². The maximum Gasteiger partial charge on any atom is 0.123 e. The maximum absolute atomic E-state index is 11.9. The van der Waals surface area contributed by atoms with E-state index in [0.29, 0.717) is 0 Å². The van der Waals surface area contributed by atoms with Crippen LogP contribution >= 0.6 is 0 Å². The summed E-state index contributed by atoms with van der Waals surface area (Å²) in [5, 5.41) is 0. The summed E-state index contributed by atoms with van der Waals surface area (Å²) in [4.78, 5) is 0. The monoisotopic (exact) mass is 140 g/mol. The minimum Gasteiger partial charge on any atom is -0.772 e. The highest BCUT2D eigenvalue weighted by Crippen LogP contribution is 1.87. The molecule has 0 spiro atoms. The van der Waals surface area contributed by atoms with Crippen molar-refractivity contribution < 1.29 is 13.2 Å². The molecule has 2 atom stereocenters. The molecule has 0 rings (SSSR count). The van der Waals surface area contributed by atoms with Crippen LogP contribution in [-0.2, 0) is 11.1 Å². The standard InChI is InChI=1S/C3H8FNO2S/c4-3(1-5)2-8(6)7/h3H,1-2,5H2,(H,6,7)/p-1. The fourth-order valence-corrected chi connectivity index (χ4v) is 0.647. The summed E-state index contributed by atoms with van der Waals surface area (Å²) in [6, 6.07) is 0. The van der Waals surface area contributed by atoms with E-state index in [0.717, 1.165) is 0 Å². The summed E-state index contributed by atoms with van der Waals surface area (Å²) < 4.78 is 31.2. The smallest absolute Gasteiger partial charge is 0.123 e. The van der Waals surface area contributed by atoms with Crippen molar-refractivity contribution in [3.05, 3.63) is 0 Å². The van der Waals surface area contributed by atoms with Crippen LogP contribution in [0.15, 0.2) is 0 Å². The molecule has 0 fully saturated rings. The summed E-state index contributed by atoms with van der Waals surface area (Å²) in [5.41, 5.74) is 4.77. The molecule has 0 aliphatic rings. The van der Waals surface area contributed by atoms with Crippen molar-refractivity contribution in [3.63, 3.8) is 0 Å². The molecule has 8 heavy (non-hydrogen) atoms. The van der Waals surface area contributed by atoms with Gasteiger partial charge in [0.1, 0.15) is 6.17 Å².